The van der Waals surface area contributed by atoms with Gasteiger partial charge in [-0.15, -0.1) is 23.4 Å². The van der Waals surface area contributed by atoms with Gasteiger partial charge >= 0.3 is 0 Å². The molecule has 0 aliphatic rings. The van der Waals surface area contributed by atoms with E-state index in [9.17, 15) is 0 Å². The standard InChI is InChI=1S/C15H19ClS/c1-12-5-7-13(8-6-12)14(17-11-16)9-10-15(2,3)4/h5-8,14H,11H2,1-4H3. The van der Waals surface area contributed by atoms with Gasteiger partial charge in [-0.3, -0.25) is 0 Å². The molecule has 0 spiro atoms. The van der Waals surface area contributed by atoms with E-state index in [4.69, 9.17) is 11.6 Å². The zero-order valence-corrected chi connectivity index (χ0v) is 12.5. The number of alkyl halides is 1. The molecule has 0 saturated carbocycles. The van der Waals surface area contributed by atoms with Gasteiger partial charge in [0.05, 0.1) is 10.5 Å². The lowest BCUT2D eigenvalue weighted by Gasteiger charge is -2.12. The van der Waals surface area contributed by atoms with Gasteiger partial charge in [0, 0.05) is 5.41 Å². The summed E-state index contributed by atoms with van der Waals surface area (Å²) in [6.07, 6.45) is 0. The van der Waals surface area contributed by atoms with Crippen LogP contribution in [0.25, 0.3) is 0 Å². The SMILES string of the molecule is Cc1ccc(C(C#CC(C)(C)C)SCCl)cc1. The van der Waals surface area contributed by atoms with Crippen molar-refractivity contribution in [2.75, 3.05) is 5.21 Å². The third-order valence-electron chi connectivity index (χ3n) is 2.19. The molecule has 1 aromatic rings. The minimum absolute atomic E-state index is 0.0375. The maximum absolute atomic E-state index is 5.82. The highest BCUT2D eigenvalue weighted by Gasteiger charge is 2.10. The van der Waals surface area contributed by atoms with Gasteiger partial charge in [0.15, 0.2) is 0 Å². The van der Waals surface area contributed by atoms with E-state index in [2.05, 4.69) is 63.8 Å². The molecule has 1 atom stereocenters. The molecule has 2 heteroatoms. The lowest BCUT2D eigenvalue weighted by Crippen LogP contribution is -2.01. The van der Waals surface area contributed by atoms with Crippen LogP contribution >= 0.6 is 23.4 Å². The zero-order chi connectivity index (χ0) is 12.9. The number of thioether (sulfide) groups is 1. The van der Waals surface area contributed by atoms with Crippen molar-refractivity contribution in [2.45, 2.75) is 32.9 Å². The second kappa shape index (κ2) is 6.38. The van der Waals surface area contributed by atoms with Crippen molar-refractivity contribution in [3.8, 4) is 11.8 Å². The Morgan fingerprint density at radius 1 is 1.24 bits per heavy atom. The van der Waals surface area contributed by atoms with Crippen LogP contribution in [0.1, 0.15) is 37.1 Å². The molecule has 1 rings (SSSR count). The van der Waals surface area contributed by atoms with Crippen molar-refractivity contribution in [3.63, 3.8) is 0 Å². The predicted molar refractivity (Wildman–Crippen MR) is 79.5 cm³/mol. The summed E-state index contributed by atoms with van der Waals surface area (Å²) in [7, 11) is 0. The summed E-state index contributed by atoms with van der Waals surface area (Å²) in [4.78, 5) is 0. The Bertz CT molecular complexity index is 403. The first-order valence-electron chi connectivity index (χ1n) is 5.69. The fraction of sp³-hybridized carbons (Fsp3) is 0.467. The van der Waals surface area contributed by atoms with Crippen molar-refractivity contribution in [2.24, 2.45) is 5.41 Å². The quantitative estimate of drug-likeness (QED) is 0.547. The molecule has 0 bridgehead atoms. The van der Waals surface area contributed by atoms with Gasteiger partial charge in [-0.25, -0.2) is 0 Å². The summed E-state index contributed by atoms with van der Waals surface area (Å²) in [6, 6.07) is 8.51. The van der Waals surface area contributed by atoms with E-state index in [0.717, 1.165) is 0 Å². The highest BCUT2D eigenvalue weighted by atomic mass is 35.5. The van der Waals surface area contributed by atoms with E-state index in [-0.39, 0.29) is 10.7 Å². The summed E-state index contributed by atoms with van der Waals surface area (Å²) in [6.45, 7) is 8.46. The molecular formula is C15H19ClS. The number of halogens is 1. The third kappa shape index (κ3) is 5.52. The minimum atomic E-state index is 0.0375. The molecule has 0 fully saturated rings. The number of benzene rings is 1. The molecule has 0 heterocycles. The van der Waals surface area contributed by atoms with Crippen molar-refractivity contribution < 1.29 is 0 Å². The maximum Gasteiger partial charge on any atom is 0.0918 e. The zero-order valence-electron chi connectivity index (χ0n) is 10.9. The largest absolute Gasteiger partial charge is 0.124 e. The fourth-order valence-corrected chi connectivity index (χ4v) is 2.30. The molecule has 0 aliphatic heterocycles. The summed E-state index contributed by atoms with van der Waals surface area (Å²) >= 11 is 7.49. The van der Waals surface area contributed by atoms with E-state index in [0.29, 0.717) is 5.21 Å². The Morgan fingerprint density at radius 2 is 1.82 bits per heavy atom. The Hall–Kier alpha value is -0.580. The Balaban J connectivity index is 2.92. The second-order valence-corrected chi connectivity index (χ2v) is 6.76. The first-order chi connectivity index (χ1) is 7.92. The highest BCUT2D eigenvalue weighted by molar-refractivity contribution is 8.00. The first kappa shape index (κ1) is 14.5. The van der Waals surface area contributed by atoms with Crippen molar-refractivity contribution in [1.29, 1.82) is 0 Å². The predicted octanol–water partition coefficient (Wildman–Crippen LogP) is 5.02. The number of rotatable bonds is 3. The van der Waals surface area contributed by atoms with Crippen LogP contribution in [0.4, 0.5) is 0 Å². The van der Waals surface area contributed by atoms with E-state index < -0.39 is 0 Å². The smallest absolute Gasteiger partial charge is 0.0918 e. The van der Waals surface area contributed by atoms with Gasteiger partial charge in [-0.05, 0) is 33.3 Å². The fourth-order valence-electron chi connectivity index (χ4n) is 1.31. The normalized spacial score (nSPS) is 12.8. The topological polar surface area (TPSA) is 0 Å². The monoisotopic (exact) mass is 266 g/mol. The van der Waals surface area contributed by atoms with E-state index in [1.165, 1.54) is 11.1 Å². The summed E-state index contributed by atoms with van der Waals surface area (Å²) in [5, 5.41) is 0.740. The molecule has 0 saturated heterocycles. The average molecular weight is 267 g/mol. The molecule has 92 valence electrons. The molecule has 0 aromatic heterocycles. The summed E-state index contributed by atoms with van der Waals surface area (Å²) in [5.41, 5.74) is 2.54. The van der Waals surface area contributed by atoms with Gasteiger partial charge in [0.1, 0.15) is 0 Å². The number of aryl methyl sites for hydroxylation is 1. The molecule has 1 unspecified atom stereocenters. The van der Waals surface area contributed by atoms with Crippen molar-refractivity contribution in [3.05, 3.63) is 35.4 Å². The lowest BCUT2D eigenvalue weighted by atomic mass is 9.97. The van der Waals surface area contributed by atoms with Gasteiger partial charge in [0.25, 0.3) is 0 Å². The number of hydrogen-bond acceptors (Lipinski definition) is 1. The van der Waals surface area contributed by atoms with Crippen molar-refractivity contribution >= 4 is 23.4 Å². The van der Waals surface area contributed by atoms with Crippen molar-refractivity contribution in [1.82, 2.24) is 0 Å². The van der Waals surface area contributed by atoms with Crippen LogP contribution in [0.15, 0.2) is 24.3 Å². The lowest BCUT2D eigenvalue weighted by molar-refractivity contribution is 0.570. The highest BCUT2D eigenvalue weighted by Crippen LogP contribution is 2.29. The molecule has 0 radical (unpaired) electrons. The third-order valence-corrected chi connectivity index (χ3v) is 3.42. The van der Waals surface area contributed by atoms with Gasteiger partial charge in [0.2, 0.25) is 0 Å². The van der Waals surface area contributed by atoms with Crippen LogP contribution in [0.2, 0.25) is 0 Å². The molecule has 0 nitrogen and oxygen atoms in total. The van der Waals surface area contributed by atoms with Crippen LogP contribution in [-0.2, 0) is 0 Å². The summed E-state index contributed by atoms with van der Waals surface area (Å²) in [5.74, 6) is 6.62. The Morgan fingerprint density at radius 3 is 2.29 bits per heavy atom. The summed E-state index contributed by atoms with van der Waals surface area (Å²) < 4.78 is 0. The molecular weight excluding hydrogens is 248 g/mol. The molecule has 0 aliphatic carbocycles. The molecule has 0 N–H and O–H groups in total. The van der Waals surface area contributed by atoms with E-state index >= 15 is 0 Å². The maximum atomic E-state index is 5.82. The molecule has 1 aromatic carbocycles. The van der Waals surface area contributed by atoms with E-state index in [1.54, 1.807) is 11.8 Å². The molecule has 0 amide bonds. The van der Waals surface area contributed by atoms with Gasteiger partial charge < -0.3 is 0 Å². The van der Waals surface area contributed by atoms with Gasteiger partial charge in [-0.1, -0.05) is 41.7 Å². The minimum Gasteiger partial charge on any atom is -0.124 e. The Labute approximate surface area is 114 Å². The first-order valence-corrected chi connectivity index (χ1v) is 7.27. The van der Waals surface area contributed by atoms with Crippen LogP contribution in [0.3, 0.4) is 0 Å². The van der Waals surface area contributed by atoms with Crippen LogP contribution in [0, 0.1) is 24.2 Å². The second-order valence-electron chi connectivity index (χ2n) is 5.09. The van der Waals surface area contributed by atoms with E-state index in [1.807, 2.05) is 0 Å². The van der Waals surface area contributed by atoms with Crippen LogP contribution < -0.4 is 0 Å². The Kier molecular flexibility index (Phi) is 5.43. The molecule has 17 heavy (non-hydrogen) atoms. The number of hydrogen-bond donors (Lipinski definition) is 0. The average Bonchev–Trinajstić information content (AvgIpc) is 2.24. The van der Waals surface area contributed by atoms with Crippen LogP contribution in [0.5, 0.6) is 0 Å². The van der Waals surface area contributed by atoms with Crippen LogP contribution in [-0.4, -0.2) is 5.21 Å². The van der Waals surface area contributed by atoms with Gasteiger partial charge in [-0.2, -0.15) is 0 Å².